The van der Waals surface area contributed by atoms with Gasteiger partial charge >= 0.3 is 11.9 Å². The summed E-state index contributed by atoms with van der Waals surface area (Å²) in [6, 6.07) is 4.12. The summed E-state index contributed by atoms with van der Waals surface area (Å²) in [6.07, 6.45) is 10.9. The number of aromatic nitrogens is 1. The van der Waals surface area contributed by atoms with E-state index in [1.807, 2.05) is 18.5 Å². The molecule has 6 nitrogen and oxygen atoms in total. The summed E-state index contributed by atoms with van der Waals surface area (Å²) in [5, 5.41) is 18.3. The maximum absolute atomic E-state index is 9.10. The largest absolute Gasteiger partial charge is 0.473 e. The van der Waals surface area contributed by atoms with Gasteiger partial charge in [0, 0.05) is 18.9 Å². The predicted octanol–water partition coefficient (Wildman–Crippen LogP) is 1.91. The Bertz CT molecular complexity index is 419. The number of aliphatic carboxylic acids is 2. The fourth-order valence-corrected chi connectivity index (χ4v) is 2.31. The quantitative estimate of drug-likeness (QED) is 0.733. The monoisotopic (exact) mass is 294 g/mol. The number of pyridine rings is 1. The first kappa shape index (κ1) is 17.1. The minimum Gasteiger partial charge on any atom is -0.473 e. The van der Waals surface area contributed by atoms with Crippen molar-refractivity contribution in [3.05, 3.63) is 30.1 Å². The number of nitrogens with one attached hydrogen (secondary N) is 1. The molecule has 0 atom stereocenters. The molecule has 0 aliphatic heterocycles. The second-order valence-electron chi connectivity index (χ2n) is 5.11. The van der Waals surface area contributed by atoms with Crippen LogP contribution in [0.1, 0.15) is 37.7 Å². The second-order valence-corrected chi connectivity index (χ2v) is 5.11. The third-order valence-electron chi connectivity index (χ3n) is 3.39. The van der Waals surface area contributed by atoms with E-state index in [1.54, 1.807) is 0 Å². The zero-order chi connectivity index (χ0) is 15.5. The summed E-state index contributed by atoms with van der Waals surface area (Å²) in [6.45, 7) is 2.14. The van der Waals surface area contributed by atoms with Crippen LogP contribution < -0.4 is 5.32 Å². The SMILES string of the molecule is O=C(O)C(=O)O.c1cncc(CNCC2CCCCC2)c1. The van der Waals surface area contributed by atoms with Gasteiger partial charge in [0.05, 0.1) is 0 Å². The average molecular weight is 294 g/mol. The number of hydrogen-bond donors (Lipinski definition) is 3. The highest BCUT2D eigenvalue weighted by Crippen LogP contribution is 2.22. The lowest BCUT2D eigenvalue weighted by Crippen LogP contribution is -2.24. The molecule has 1 aliphatic rings. The Balaban J connectivity index is 0.000000315. The molecule has 116 valence electrons. The van der Waals surface area contributed by atoms with Gasteiger partial charge in [-0.25, -0.2) is 9.59 Å². The Morgan fingerprint density at radius 2 is 1.86 bits per heavy atom. The Kier molecular flexibility index (Phi) is 8.04. The number of carbonyl (C=O) groups is 2. The number of rotatable bonds is 4. The van der Waals surface area contributed by atoms with E-state index in [0.29, 0.717) is 0 Å². The van der Waals surface area contributed by atoms with Crippen molar-refractivity contribution in [1.29, 1.82) is 0 Å². The van der Waals surface area contributed by atoms with Crippen molar-refractivity contribution in [2.45, 2.75) is 38.6 Å². The number of carboxylic acids is 2. The summed E-state index contributed by atoms with van der Waals surface area (Å²) in [5.41, 5.74) is 1.29. The molecule has 1 heterocycles. The van der Waals surface area contributed by atoms with Gasteiger partial charge in [0.2, 0.25) is 0 Å². The third-order valence-corrected chi connectivity index (χ3v) is 3.39. The molecule has 0 unspecified atom stereocenters. The minimum atomic E-state index is -1.82. The second kappa shape index (κ2) is 9.88. The maximum atomic E-state index is 9.10. The zero-order valence-electron chi connectivity index (χ0n) is 12.0. The summed E-state index contributed by atoms with van der Waals surface area (Å²) < 4.78 is 0. The maximum Gasteiger partial charge on any atom is 0.414 e. The van der Waals surface area contributed by atoms with Crippen LogP contribution in [0.4, 0.5) is 0 Å². The Hall–Kier alpha value is -1.95. The van der Waals surface area contributed by atoms with Crippen LogP contribution in [-0.2, 0) is 16.1 Å². The van der Waals surface area contributed by atoms with Gasteiger partial charge in [-0.3, -0.25) is 4.98 Å². The first-order valence-corrected chi connectivity index (χ1v) is 7.15. The average Bonchev–Trinajstić information content (AvgIpc) is 2.50. The van der Waals surface area contributed by atoms with E-state index in [2.05, 4.69) is 16.4 Å². The molecular formula is C15H22N2O4. The van der Waals surface area contributed by atoms with Gasteiger partial charge in [0.25, 0.3) is 0 Å². The van der Waals surface area contributed by atoms with Crippen LogP contribution in [0.2, 0.25) is 0 Å². The normalized spacial score (nSPS) is 14.9. The van der Waals surface area contributed by atoms with E-state index < -0.39 is 11.9 Å². The molecule has 1 aromatic heterocycles. The van der Waals surface area contributed by atoms with E-state index in [0.717, 1.165) is 12.5 Å². The fourth-order valence-electron chi connectivity index (χ4n) is 2.31. The number of nitrogens with zero attached hydrogens (tertiary/aromatic N) is 1. The molecule has 0 aromatic carbocycles. The Labute approximate surface area is 124 Å². The smallest absolute Gasteiger partial charge is 0.414 e. The van der Waals surface area contributed by atoms with Crippen LogP contribution in [0.5, 0.6) is 0 Å². The topological polar surface area (TPSA) is 99.5 Å². The molecule has 0 amide bonds. The Morgan fingerprint density at radius 3 is 2.38 bits per heavy atom. The molecule has 0 bridgehead atoms. The molecule has 0 saturated heterocycles. The van der Waals surface area contributed by atoms with E-state index in [-0.39, 0.29) is 0 Å². The number of hydrogen-bond acceptors (Lipinski definition) is 4. The van der Waals surface area contributed by atoms with Crippen LogP contribution in [0.15, 0.2) is 24.5 Å². The zero-order valence-corrected chi connectivity index (χ0v) is 12.0. The van der Waals surface area contributed by atoms with E-state index in [9.17, 15) is 0 Å². The molecule has 2 rings (SSSR count). The molecule has 0 radical (unpaired) electrons. The van der Waals surface area contributed by atoms with Crippen LogP contribution in [-0.4, -0.2) is 33.7 Å². The lowest BCUT2D eigenvalue weighted by molar-refractivity contribution is -0.159. The van der Waals surface area contributed by atoms with Crippen LogP contribution in [0, 0.1) is 5.92 Å². The van der Waals surface area contributed by atoms with Crippen molar-refractivity contribution in [2.75, 3.05) is 6.54 Å². The van der Waals surface area contributed by atoms with E-state index in [4.69, 9.17) is 19.8 Å². The highest BCUT2D eigenvalue weighted by molar-refractivity contribution is 6.27. The van der Waals surface area contributed by atoms with Gasteiger partial charge in [-0.1, -0.05) is 25.3 Å². The standard InChI is InChI=1S/C13H20N2.C2H2O4/c1-2-5-12(6-3-1)9-15-11-13-7-4-8-14-10-13;3-1(4)2(5)6/h4,7-8,10,12,15H,1-3,5-6,9,11H2;(H,3,4)(H,5,6). The summed E-state index contributed by atoms with van der Waals surface area (Å²) in [4.78, 5) is 22.3. The van der Waals surface area contributed by atoms with Gasteiger partial charge in [0.1, 0.15) is 0 Å². The van der Waals surface area contributed by atoms with E-state index in [1.165, 1.54) is 44.2 Å². The van der Waals surface area contributed by atoms with Gasteiger partial charge < -0.3 is 15.5 Å². The fraction of sp³-hybridized carbons (Fsp3) is 0.533. The van der Waals surface area contributed by atoms with Crippen LogP contribution >= 0.6 is 0 Å². The van der Waals surface area contributed by atoms with Crippen molar-refractivity contribution in [1.82, 2.24) is 10.3 Å². The lowest BCUT2D eigenvalue weighted by atomic mass is 9.89. The van der Waals surface area contributed by atoms with Gasteiger partial charge in [-0.15, -0.1) is 0 Å². The van der Waals surface area contributed by atoms with Gasteiger partial charge in [-0.2, -0.15) is 0 Å². The third kappa shape index (κ3) is 8.04. The van der Waals surface area contributed by atoms with Crippen LogP contribution in [0.25, 0.3) is 0 Å². The summed E-state index contributed by atoms with van der Waals surface area (Å²) in [7, 11) is 0. The molecule has 0 spiro atoms. The predicted molar refractivity (Wildman–Crippen MR) is 77.8 cm³/mol. The Morgan fingerprint density at radius 1 is 1.19 bits per heavy atom. The minimum absolute atomic E-state index is 0.912. The van der Waals surface area contributed by atoms with Gasteiger partial charge in [-0.05, 0) is 36.9 Å². The van der Waals surface area contributed by atoms with Crippen molar-refractivity contribution in [3.8, 4) is 0 Å². The molecule has 6 heteroatoms. The molecule has 21 heavy (non-hydrogen) atoms. The highest BCUT2D eigenvalue weighted by Gasteiger charge is 2.12. The van der Waals surface area contributed by atoms with Crippen molar-refractivity contribution >= 4 is 11.9 Å². The first-order valence-electron chi connectivity index (χ1n) is 7.15. The van der Waals surface area contributed by atoms with Crippen molar-refractivity contribution in [3.63, 3.8) is 0 Å². The first-order chi connectivity index (χ1) is 10.1. The molecule has 1 fully saturated rings. The molecule has 3 N–H and O–H groups in total. The summed E-state index contributed by atoms with van der Waals surface area (Å²) in [5.74, 6) is -2.74. The van der Waals surface area contributed by atoms with Crippen molar-refractivity contribution in [2.24, 2.45) is 5.92 Å². The lowest BCUT2D eigenvalue weighted by Gasteiger charge is -2.21. The van der Waals surface area contributed by atoms with E-state index >= 15 is 0 Å². The molecular weight excluding hydrogens is 272 g/mol. The van der Waals surface area contributed by atoms with Gasteiger partial charge in [0.15, 0.2) is 0 Å². The van der Waals surface area contributed by atoms with Crippen LogP contribution in [0.3, 0.4) is 0 Å². The molecule has 1 aliphatic carbocycles. The summed E-state index contributed by atoms with van der Waals surface area (Å²) >= 11 is 0. The number of carboxylic acid groups (broad SMARTS) is 2. The molecule has 1 saturated carbocycles. The highest BCUT2D eigenvalue weighted by atomic mass is 16.4. The molecule has 1 aromatic rings. The van der Waals surface area contributed by atoms with Crippen molar-refractivity contribution < 1.29 is 19.8 Å².